The fourth-order valence-electron chi connectivity index (χ4n) is 1.68. The molecular formula is C14H8Cl2N2O4. The maximum atomic E-state index is 11.2. The molecular weight excluding hydrogens is 331 g/mol. The molecule has 2 aromatic rings. The normalized spacial score (nSPS) is 10.8. The maximum Gasteiger partial charge on any atom is 0.338 e. The molecule has 2 aromatic carbocycles. The highest BCUT2D eigenvalue weighted by molar-refractivity contribution is 6.41. The molecule has 0 fully saturated rings. The number of carbonyl (C=O) groups is 2. The fourth-order valence-corrected chi connectivity index (χ4v) is 2.29. The Bertz CT molecular complexity index is 776. The van der Waals surface area contributed by atoms with Crippen LogP contribution >= 0.6 is 23.2 Å². The van der Waals surface area contributed by atoms with Crippen molar-refractivity contribution >= 4 is 46.5 Å². The minimum atomic E-state index is -1.49. The number of rotatable bonds is 4. The lowest BCUT2D eigenvalue weighted by molar-refractivity contribution is 0.0651. The van der Waals surface area contributed by atoms with Crippen molar-refractivity contribution in [1.82, 2.24) is 0 Å². The predicted octanol–water partition coefficient (Wildman–Crippen LogP) is 4.81. The molecule has 2 rings (SSSR count). The number of carboxylic acids is 2. The fraction of sp³-hybridized carbons (Fsp3) is 0. The van der Waals surface area contributed by atoms with Gasteiger partial charge in [-0.2, -0.15) is 5.11 Å². The molecule has 0 aliphatic carbocycles. The number of carboxylic acid groups (broad SMARTS) is 2. The van der Waals surface area contributed by atoms with Crippen LogP contribution in [0.25, 0.3) is 0 Å². The van der Waals surface area contributed by atoms with Crippen molar-refractivity contribution in [3.8, 4) is 0 Å². The second-order valence-corrected chi connectivity index (χ2v) is 4.87. The summed E-state index contributed by atoms with van der Waals surface area (Å²) in [5.74, 6) is -2.94. The van der Waals surface area contributed by atoms with E-state index in [-0.39, 0.29) is 15.7 Å². The van der Waals surface area contributed by atoms with Gasteiger partial charge in [-0.3, -0.25) is 0 Å². The smallest absolute Gasteiger partial charge is 0.338 e. The van der Waals surface area contributed by atoms with Crippen LogP contribution in [0.1, 0.15) is 20.7 Å². The molecule has 0 unspecified atom stereocenters. The SMILES string of the molecule is O=C(O)c1cc(Cl)c(N=Nc2ccccc2)c(Cl)c1C(=O)O. The van der Waals surface area contributed by atoms with Crippen LogP contribution in [0, 0.1) is 0 Å². The predicted molar refractivity (Wildman–Crippen MR) is 81.0 cm³/mol. The van der Waals surface area contributed by atoms with Crippen LogP contribution in [0.15, 0.2) is 46.6 Å². The number of benzene rings is 2. The van der Waals surface area contributed by atoms with E-state index in [1.807, 2.05) is 0 Å². The first-order valence-electron chi connectivity index (χ1n) is 5.87. The van der Waals surface area contributed by atoms with Crippen molar-refractivity contribution in [1.29, 1.82) is 0 Å². The lowest BCUT2D eigenvalue weighted by Gasteiger charge is -2.08. The average molecular weight is 339 g/mol. The van der Waals surface area contributed by atoms with Gasteiger partial charge in [-0.25, -0.2) is 9.59 Å². The summed E-state index contributed by atoms with van der Waals surface area (Å²) in [5, 5.41) is 25.4. The molecule has 0 spiro atoms. The van der Waals surface area contributed by atoms with Crippen LogP contribution in [-0.4, -0.2) is 22.2 Å². The Morgan fingerprint density at radius 1 is 0.955 bits per heavy atom. The van der Waals surface area contributed by atoms with Crippen molar-refractivity contribution in [2.75, 3.05) is 0 Å². The van der Waals surface area contributed by atoms with Gasteiger partial charge in [0, 0.05) is 0 Å². The summed E-state index contributed by atoms with van der Waals surface area (Å²) in [6.07, 6.45) is 0. The molecule has 22 heavy (non-hydrogen) atoms. The molecule has 0 saturated carbocycles. The molecule has 0 heterocycles. The van der Waals surface area contributed by atoms with Crippen LogP contribution in [0.4, 0.5) is 11.4 Å². The third-order valence-corrected chi connectivity index (χ3v) is 3.32. The van der Waals surface area contributed by atoms with Crippen molar-refractivity contribution < 1.29 is 19.8 Å². The number of aromatic carboxylic acids is 2. The highest BCUT2D eigenvalue weighted by Gasteiger charge is 2.24. The van der Waals surface area contributed by atoms with Crippen LogP contribution in [0.2, 0.25) is 10.0 Å². The quantitative estimate of drug-likeness (QED) is 0.781. The van der Waals surface area contributed by atoms with Crippen molar-refractivity contribution in [2.24, 2.45) is 10.2 Å². The van der Waals surface area contributed by atoms with Gasteiger partial charge in [0.1, 0.15) is 5.69 Å². The molecule has 2 N–H and O–H groups in total. The number of halogens is 2. The van der Waals surface area contributed by atoms with E-state index in [1.54, 1.807) is 30.3 Å². The van der Waals surface area contributed by atoms with Gasteiger partial charge in [0.15, 0.2) is 0 Å². The van der Waals surface area contributed by atoms with Gasteiger partial charge in [0.05, 0.1) is 26.9 Å². The van der Waals surface area contributed by atoms with Gasteiger partial charge in [-0.05, 0) is 18.2 Å². The molecule has 0 bridgehead atoms. The Hall–Kier alpha value is -2.44. The Morgan fingerprint density at radius 3 is 2.14 bits per heavy atom. The molecule has 0 radical (unpaired) electrons. The number of nitrogens with zero attached hydrogens (tertiary/aromatic N) is 2. The van der Waals surface area contributed by atoms with Crippen LogP contribution in [0.5, 0.6) is 0 Å². The van der Waals surface area contributed by atoms with E-state index in [4.69, 9.17) is 33.4 Å². The van der Waals surface area contributed by atoms with Gasteiger partial charge in [0.2, 0.25) is 0 Å². The monoisotopic (exact) mass is 338 g/mol. The van der Waals surface area contributed by atoms with Crippen molar-refractivity contribution in [2.45, 2.75) is 0 Å². The van der Waals surface area contributed by atoms with E-state index in [0.717, 1.165) is 6.07 Å². The lowest BCUT2D eigenvalue weighted by Crippen LogP contribution is -2.09. The molecule has 0 atom stereocenters. The largest absolute Gasteiger partial charge is 0.478 e. The van der Waals surface area contributed by atoms with Crippen LogP contribution in [0.3, 0.4) is 0 Å². The summed E-state index contributed by atoms with van der Waals surface area (Å²) in [4.78, 5) is 22.3. The zero-order valence-electron chi connectivity index (χ0n) is 10.8. The summed E-state index contributed by atoms with van der Waals surface area (Å²) in [6, 6.07) is 9.62. The van der Waals surface area contributed by atoms with Gasteiger partial charge in [-0.15, -0.1) is 5.11 Å². The van der Waals surface area contributed by atoms with Crippen molar-refractivity contribution in [3.05, 3.63) is 57.6 Å². The van der Waals surface area contributed by atoms with Gasteiger partial charge < -0.3 is 10.2 Å². The Morgan fingerprint density at radius 2 is 1.59 bits per heavy atom. The first kappa shape index (κ1) is 15.9. The molecule has 0 saturated heterocycles. The first-order chi connectivity index (χ1) is 10.4. The summed E-state index contributed by atoms with van der Waals surface area (Å²) >= 11 is 11.9. The van der Waals surface area contributed by atoms with E-state index in [0.29, 0.717) is 5.69 Å². The minimum absolute atomic E-state index is 0.102. The van der Waals surface area contributed by atoms with Gasteiger partial charge in [-0.1, -0.05) is 41.4 Å². The number of azo groups is 1. The summed E-state index contributed by atoms with van der Waals surface area (Å²) in [5.41, 5.74) is -0.690. The highest BCUT2D eigenvalue weighted by Crippen LogP contribution is 2.39. The molecule has 0 aromatic heterocycles. The summed E-state index contributed by atoms with van der Waals surface area (Å²) in [6.45, 7) is 0. The molecule has 8 heteroatoms. The minimum Gasteiger partial charge on any atom is -0.478 e. The molecule has 6 nitrogen and oxygen atoms in total. The third-order valence-electron chi connectivity index (χ3n) is 2.66. The van der Waals surface area contributed by atoms with E-state index >= 15 is 0 Å². The number of hydrogen-bond donors (Lipinski definition) is 2. The topological polar surface area (TPSA) is 99.3 Å². The first-order valence-corrected chi connectivity index (χ1v) is 6.62. The Kier molecular flexibility index (Phi) is 4.75. The van der Waals surface area contributed by atoms with Crippen LogP contribution < -0.4 is 0 Å². The summed E-state index contributed by atoms with van der Waals surface area (Å²) in [7, 11) is 0. The van der Waals surface area contributed by atoms with Crippen molar-refractivity contribution in [3.63, 3.8) is 0 Å². The number of hydrogen-bond acceptors (Lipinski definition) is 4. The highest BCUT2D eigenvalue weighted by atomic mass is 35.5. The average Bonchev–Trinajstić information content (AvgIpc) is 2.46. The van der Waals surface area contributed by atoms with Crippen LogP contribution in [-0.2, 0) is 0 Å². The van der Waals surface area contributed by atoms with E-state index in [9.17, 15) is 9.59 Å². The van der Waals surface area contributed by atoms with Gasteiger partial charge in [0.25, 0.3) is 0 Å². The van der Waals surface area contributed by atoms with E-state index < -0.39 is 23.1 Å². The molecule has 0 amide bonds. The third kappa shape index (κ3) is 3.24. The standard InChI is InChI=1S/C14H8Cl2N2O4/c15-9-6-8(13(19)20)10(14(21)22)11(16)12(9)18-17-7-4-2-1-3-5-7/h1-6H,(H,19,20)(H,21,22). The Balaban J connectivity index is 2.58. The lowest BCUT2D eigenvalue weighted by atomic mass is 10.1. The second-order valence-electron chi connectivity index (χ2n) is 4.09. The zero-order valence-corrected chi connectivity index (χ0v) is 12.3. The van der Waals surface area contributed by atoms with Gasteiger partial charge >= 0.3 is 11.9 Å². The molecule has 112 valence electrons. The van der Waals surface area contributed by atoms with E-state index in [2.05, 4.69) is 10.2 Å². The summed E-state index contributed by atoms with van der Waals surface area (Å²) < 4.78 is 0. The zero-order chi connectivity index (χ0) is 16.3. The maximum absolute atomic E-state index is 11.2. The molecule has 0 aliphatic heterocycles. The Labute approximate surface area is 134 Å². The second kappa shape index (κ2) is 6.55. The van der Waals surface area contributed by atoms with E-state index in [1.165, 1.54) is 0 Å². The molecule has 0 aliphatic rings.